The van der Waals surface area contributed by atoms with Gasteiger partial charge >= 0.3 is 0 Å². The molecular weight excluding hydrogens is 232 g/mol. The van der Waals surface area contributed by atoms with Gasteiger partial charge in [-0.2, -0.15) is 0 Å². The fraction of sp³-hybridized carbons (Fsp3) is 0.571. The van der Waals surface area contributed by atoms with E-state index in [0.29, 0.717) is 12.5 Å². The summed E-state index contributed by atoms with van der Waals surface area (Å²) in [4.78, 5) is 2.40. The van der Waals surface area contributed by atoms with Crippen molar-refractivity contribution < 1.29 is 0 Å². The molecule has 17 heavy (non-hydrogen) atoms. The molecule has 2 N–H and O–H groups in total. The van der Waals surface area contributed by atoms with E-state index in [2.05, 4.69) is 24.8 Å². The molecule has 2 unspecified atom stereocenters. The second kappa shape index (κ2) is 5.28. The summed E-state index contributed by atoms with van der Waals surface area (Å²) in [7, 11) is 0. The van der Waals surface area contributed by atoms with Gasteiger partial charge in [-0.15, -0.1) is 0 Å². The minimum Gasteiger partial charge on any atom is -0.370 e. The monoisotopic (exact) mass is 252 g/mol. The molecule has 2 atom stereocenters. The van der Waals surface area contributed by atoms with E-state index < -0.39 is 0 Å². The van der Waals surface area contributed by atoms with Crippen LogP contribution in [0.25, 0.3) is 0 Å². The third-order valence-corrected chi connectivity index (χ3v) is 4.25. The summed E-state index contributed by atoms with van der Waals surface area (Å²) in [5.41, 5.74) is 8.10. The smallest absolute Gasteiger partial charge is 0.0642 e. The lowest BCUT2D eigenvalue weighted by Crippen LogP contribution is -2.39. The summed E-state index contributed by atoms with van der Waals surface area (Å²) in [6.45, 7) is 7.37. The summed E-state index contributed by atoms with van der Waals surface area (Å²) in [6, 6.07) is 6.01. The molecule has 0 bridgehead atoms. The van der Waals surface area contributed by atoms with E-state index >= 15 is 0 Å². The van der Waals surface area contributed by atoms with Gasteiger partial charge in [0.05, 0.1) is 10.7 Å². The van der Waals surface area contributed by atoms with Gasteiger partial charge in [0.2, 0.25) is 0 Å². The normalized spacial score (nSPS) is 25.1. The van der Waals surface area contributed by atoms with Gasteiger partial charge in [0.25, 0.3) is 0 Å². The van der Waals surface area contributed by atoms with Crippen molar-refractivity contribution in [2.24, 2.45) is 17.6 Å². The maximum absolute atomic E-state index is 6.33. The van der Waals surface area contributed by atoms with E-state index in [1.807, 2.05) is 12.1 Å². The summed E-state index contributed by atoms with van der Waals surface area (Å²) in [6.07, 6.45) is 1.23. The number of anilines is 1. The number of rotatable bonds is 2. The zero-order valence-electron chi connectivity index (χ0n) is 10.6. The van der Waals surface area contributed by atoms with Gasteiger partial charge in [-0.25, -0.2) is 0 Å². The summed E-state index contributed by atoms with van der Waals surface area (Å²) in [5.74, 6) is 1.51. The van der Waals surface area contributed by atoms with Crippen LogP contribution < -0.4 is 10.6 Å². The lowest BCUT2D eigenvalue weighted by Gasteiger charge is -2.38. The molecule has 0 radical (unpaired) electrons. The van der Waals surface area contributed by atoms with E-state index in [0.717, 1.165) is 35.3 Å². The predicted octanol–water partition coefficient (Wildman–Crippen LogP) is 3.28. The fourth-order valence-electron chi connectivity index (χ4n) is 2.54. The van der Waals surface area contributed by atoms with Crippen LogP contribution in [0.4, 0.5) is 5.69 Å². The number of hydrogen-bond acceptors (Lipinski definition) is 2. The van der Waals surface area contributed by atoms with Gasteiger partial charge in [0.15, 0.2) is 0 Å². The molecule has 0 saturated carbocycles. The third kappa shape index (κ3) is 2.58. The van der Waals surface area contributed by atoms with Crippen LogP contribution in [0.5, 0.6) is 0 Å². The van der Waals surface area contributed by atoms with Gasteiger partial charge in [-0.05, 0) is 29.9 Å². The molecular formula is C14H21ClN2. The van der Waals surface area contributed by atoms with E-state index in [-0.39, 0.29) is 0 Å². The third-order valence-electron chi connectivity index (χ3n) is 3.94. The van der Waals surface area contributed by atoms with Crippen LogP contribution in [0.15, 0.2) is 18.2 Å². The molecule has 1 aromatic rings. The number of nitrogens with zero attached hydrogens (tertiary/aromatic N) is 1. The standard InChI is InChI=1S/C14H21ClN2/c1-10-6-7-17(9-11(10)2)14-12(8-16)4-3-5-13(14)15/h3-5,10-11H,6-9,16H2,1-2H3. The molecule has 1 heterocycles. The Hall–Kier alpha value is -0.730. The molecule has 2 rings (SSSR count). The SMILES string of the molecule is CC1CCN(c2c(Cl)cccc2CN)CC1C. The first kappa shape index (κ1) is 12.7. The second-order valence-electron chi connectivity index (χ2n) is 5.14. The van der Waals surface area contributed by atoms with Gasteiger partial charge in [-0.3, -0.25) is 0 Å². The first-order valence-electron chi connectivity index (χ1n) is 6.36. The average Bonchev–Trinajstić information content (AvgIpc) is 2.32. The molecule has 1 fully saturated rings. The minimum absolute atomic E-state index is 0.552. The molecule has 2 nitrogen and oxygen atoms in total. The minimum atomic E-state index is 0.552. The Morgan fingerprint density at radius 2 is 2.12 bits per heavy atom. The van der Waals surface area contributed by atoms with Crippen molar-refractivity contribution in [2.75, 3.05) is 18.0 Å². The molecule has 3 heteroatoms. The van der Waals surface area contributed by atoms with Crippen LogP contribution in [0, 0.1) is 11.8 Å². The first-order valence-corrected chi connectivity index (χ1v) is 6.73. The van der Waals surface area contributed by atoms with Gasteiger partial charge < -0.3 is 10.6 Å². The van der Waals surface area contributed by atoms with Crippen molar-refractivity contribution >= 4 is 17.3 Å². The van der Waals surface area contributed by atoms with Crippen molar-refractivity contribution in [3.63, 3.8) is 0 Å². The predicted molar refractivity (Wildman–Crippen MR) is 74.5 cm³/mol. The molecule has 1 aromatic carbocycles. The number of piperidine rings is 1. The first-order chi connectivity index (χ1) is 8.13. The van der Waals surface area contributed by atoms with Crippen molar-refractivity contribution in [1.29, 1.82) is 0 Å². The topological polar surface area (TPSA) is 29.3 Å². The van der Waals surface area contributed by atoms with Crippen LogP contribution in [-0.2, 0) is 6.54 Å². The van der Waals surface area contributed by atoms with Crippen LogP contribution in [0.3, 0.4) is 0 Å². The van der Waals surface area contributed by atoms with E-state index in [1.54, 1.807) is 0 Å². The maximum Gasteiger partial charge on any atom is 0.0642 e. The summed E-state index contributed by atoms with van der Waals surface area (Å²) >= 11 is 6.33. The number of para-hydroxylation sites is 1. The molecule has 0 aromatic heterocycles. The Kier molecular flexibility index (Phi) is 3.95. The Labute approximate surface area is 109 Å². The van der Waals surface area contributed by atoms with Gasteiger partial charge in [0, 0.05) is 19.6 Å². The zero-order chi connectivity index (χ0) is 12.4. The number of hydrogen-bond donors (Lipinski definition) is 1. The van der Waals surface area contributed by atoms with Crippen LogP contribution >= 0.6 is 11.6 Å². The van der Waals surface area contributed by atoms with E-state index in [4.69, 9.17) is 17.3 Å². The largest absolute Gasteiger partial charge is 0.370 e. The zero-order valence-corrected chi connectivity index (χ0v) is 11.4. The number of nitrogens with two attached hydrogens (primary N) is 1. The maximum atomic E-state index is 6.33. The average molecular weight is 253 g/mol. The van der Waals surface area contributed by atoms with Gasteiger partial charge in [-0.1, -0.05) is 37.6 Å². The van der Waals surface area contributed by atoms with Crippen molar-refractivity contribution in [1.82, 2.24) is 0 Å². The summed E-state index contributed by atoms with van der Waals surface area (Å²) in [5, 5.41) is 0.828. The lowest BCUT2D eigenvalue weighted by molar-refractivity contribution is 0.323. The van der Waals surface area contributed by atoms with Gasteiger partial charge in [0.1, 0.15) is 0 Å². The Bertz CT molecular complexity index is 392. The Morgan fingerprint density at radius 1 is 1.35 bits per heavy atom. The molecule has 0 aliphatic carbocycles. The highest BCUT2D eigenvalue weighted by Crippen LogP contribution is 2.34. The van der Waals surface area contributed by atoms with Crippen molar-refractivity contribution in [3.05, 3.63) is 28.8 Å². The highest BCUT2D eigenvalue weighted by atomic mass is 35.5. The van der Waals surface area contributed by atoms with Crippen LogP contribution in [0.1, 0.15) is 25.8 Å². The van der Waals surface area contributed by atoms with E-state index in [1.165, 1.54) is 6.42 Å². The van der Waals surface area contributed by atoms with Crippen LogP contribution in [0.2, 0.25) is 5.02 Å². The Balaban J connectivity index is 2.28. The molecule has 94 valence electrons. The molecule has 1 aliphatic rings. The Morgan fingerprint density at radius 3 is 2.76 bits per heavy atom. The number of benzene rings is 1. The second-order valence-corrected chi connectivity index (χ2v) is 5.55. The lowest BCUT2D eigenvalue weighted by atomic mass is 9.88. The molecule has 1 aliphatic heterocycles. The quantitative estimate of drug-likeness (QED) is 0.875. The molecule has 0 spiro atoms. The highest BCUT2D eigenvalue weighted by Gasteiger charge is 2.25. The van der Waals surface area contributed by atoms with E-state index in [9.17, 15) is 0 Å². The molecule has 0 amide bonds. The number of halogens is 1. The summed E-state index contributed by atoms with van der Waals surface area (Å²) < 4.78 is 0. The molecule has 1 saturated heterocycles. The highest BCUT2D eigenvalue weighted by molar-refractivity contribution is 6.33. The van der Waals surface area contributed by atoms with Crippen molar-refractivity contribution in [3.8, 4) is 0 Å². The van der Waals surface area contributed by atoms with Crippen LogP contribution in [-0.4, -0.2) is 13.1 Å². The fourth-order valence-corrected chi connectivity index (χ4v) is 2.86. The van der Waals surface area contributed by atoms with Crippen molar-refractivity contribution in [2.45, 2.75) is 26.8 Å².